The molecule has 3 nitrogen and oxygen atoms in total. The summed E-state index contributed by atoms with van der Waals surface area (Å²) in [6.07, 6.45) is 3.03. The van der Waals surface area contributed by atoms with Crippen molar-refractivity contribution < 1.29 is 9.18 Å². The molecular weight excluding hydrogens is 219 g/mol. The molecule has 0 aliphatic heterocycles. The van der Waals surface area contributed by atoms with Crippen LogP contribution in [-0.2, 0) is 11.2 Å². The molecule has 1 aromatic rings. The van der Waals surface area contributed by atoms with E-state index in [0.717, 1.165) is 24.8 Å². The van der Waals surface area contributed by atoms with Gasteiger partial charge in [-0.1, -0.05) is 12.1 Å². The van der Waals surface area contributed by atoms with Gasteiger partial charge in [0.2, 0.25) is 5.91 Å². The lowest BCUT2D eigenvalue weighted by molar-refractivity contribution is -0.124. The summed E-state index contributed by atoms with van der Waals surface area (Å²) in [6.45, 7) is 0. The molecule has 17 heavy (non-hydrogen) atoms. The standard InChI is InChI=1S/C13H19FN2O/c1-16(2)15-13(17)9-4-3-6-11-7-5-8-12(14)10-11/h5,7-8,10H,3-4,6,9H2,1-2H3,(H,15,17). The quantitative estimate of drug-likeness (QED) is 0.608. The fraction of sp³-hybridized carbons (Fsp3) is 0.462. The highest BCUT2D eigenvalue weighted by atomic mass is 19.1. The van der Waals surface area contributed by atoms with Crippen LogP contribution < -0.4 is 5.43 Å². The first-order valence-electron chi connectivity index (χ1n) is 5.79. The van der Waals surface area contributed by atoms with Crippen LogP contribution in [0.2, 0.25) is 0 Å². The second-order valence-corrected chi connectivity index (χ2v) is 4.27. The van der Waals surface area contributed by atoms with Gasteiger partial charge < -0.3 is 0 Å². The molecule has 0 aliphatic carbocycles. The van der Waals surface area contributed by atoms with E-state index in [0.29, 0.717) is 6.42 Å². The SMILES string of the molecule is CN(C)NC(=O)CCCCc1cccc(F)c1. The highest BCUT2D eigenvalue weighted by Crippen LogP contribution is 2.08. The molecule has 0 radical (unpaired) electrons. The van der Waals surface area contributed by atoms with Crippen LogP contribution in [0, 0.1) is 5.82 Å². The highest BCUT2D eigenvalue weighted by Gasteiger charge is 2.02. The number of hydrogen-bond acceptors (Lipinski definition) is 2. The average molecular weight is 238 g/mol. The van der Waals surface area contributed by atoms with Gasteiger partial charge >= 0.3 is 0 Å². The zero-order chi connectivity index (χ0) is 12.7. The van der Waals surface area contributed by atoms with Crippen LogP contribution in [0.3, 0.4) is 0 Å². The Bertz CT molecular complexity index is 366. The fourth-order valence-electron chi connectivity index (χ4n) is 1.61. The minimum atomic E-state index is -0.201. The van der Waals surface area contributed by atoms with E-state index in [9.17, 15) is 9.18 Å². The molecule has 0 aromatic heterocycles. The lowest BCUT2D eigenvalue weighted by Gasteiger charge is -2.11. The van der Waals surface area contributed by atoms with Crippen LogP contribution in [0.25, 0.3) is 0 Å². The lowest BCUT2D eigenvalue weighted by Crippen LogP contribution is -2.35. The summed E-state index contributed by atoms with van der Waals surface area (Å²) in [4.78, 5) is 11.3. The number of hydrazine groups is 1. The number of carbonyl (C=O) groups excluding carboxylic acids is 1. The van der Waals surface area contributed by atoms with Gasteiger partial charge in [0.05, 0.1) is 0 Å². The van der Waals surface area contributed by atoms with Crippen molar-refractivity contribution in [2.24, 2.45) is 0 Å². The van der Waals surface area contributed by atoms with Gasteiger partial charge in [0.1, 0.15) is 5.82 Å². The maximum atomic E-state index is 12.9. The van der Waals surface area contributed by atoms with E-state index in [-0.39, 0.29) is 11.7 Å². The van der Waals surface area contributed by atoms with Gasteiger partial charge in [-0.25, -0.2) is 9.40 Å². The molecule has 0 fully saturated rings. The van der Waals surface area contributed by atoms with Crippen molar-refractivity contribution in [2.75, 3.05) is 14.1 Å². The van der Waals surface area contributed by atoms with E-state index in [4.69, 9.17) is 0 Å². The first-order chi connectivity index (χ1) is 8.08. The smallest absolute Gasteiger partial charge is 0.234 e. The van der Waals surface area contributed by atoms with Crippen molar-refractivity contribution in [3.05, 3.63) is 35.6 Å². The van der Waals surface area contributed by atoms with Crippen LogP contribution in [0.4, 0.5) is 4.39 Å². The molecule has 1 amide bonds. The molecule has 0 aliphatic rings. The number of rotatable bonds is 6. The monoisotopic (exact) mass is 238 g/mol. The van der Waals surface area contributed by atoms with Crippen LogP contribution in [0.15, 0.2) is 24.3 Å². The van der Waals surface area contributed by atoms with Crippen LogP contribution in [-0.4, -0.2) is 25.0 Å². The van der Waals surface area contributed by atoms with Gasteiger partial charge in [0.25, 0.3) is 0 Å². The Kier molecular flexibility index (Phi) is 5.63. The summed E-state index contributed by atoms with van der Waals surface area (Å²) < 4.78 is 12.9. The third kappa shape index (κ3) is 6.02. The molecule has 0 spiro atoms. The number of hydrogen-bond donors (Lipinski definition) is 1. The van der Waals surface area contributed by atoms with Crippen molar-refractivity contribution in [3.63, 3.8) is 0 Å². The largest absolute Gasteiger partial charge is 0.289 e. The average Bonchev–Trinajstić information content (AvgIpc) is 2.23. The van der Waals surface area contributed by atoms with Crippen molar-refractivity contribution in [1.82, 2.24) is 10.4 Å². The third-order valence-electron chi connectivity index (χ3n) is 2.36. The van der Waals surface area contributed by atoms with Crippen LogP contribution in [0.1, 0.15) is 24.8 Å². The second-order valence-electron chi connectivity index (χ2n) is 4.27. The predicted molar refractivity (Wildman–Crippen MR) is 65.8 cm³/mol. The first kappa shape index (κ1) is 13.6. The van der Waals surface area contributed by atoms with E-state index in [1.807, 2.05) is 6.07 Å². The second kappa shape index (κ2) is 7.01. The predicted octanol–water partition coefficient (Wildman–Crippen LogP) is 2.13. The van der Waals surface area contributed by atoms with Gasteiger partial charge in [0, 0.05) is 20.5 Å². The molecule has 0 heterocycles. The molecule has 0 saturated carbocycles. The number of carbonyl (C=O) groups is 1. The molecule has 1 rings (SSSR count). The number of benzene rings is 1. The van der Waals surface area contributed by atoms with Gasteiger partial charge in [-0.15, -0.1) is 0 Å². The molecular formula is C13H19FN2O. The molecule has 0 saturated heterocycles. The lowest BCUT2D eigenvalue weighted by atomic mass is 10.1. The minimum Gasteiger partial charge on any atom is -0.289 e. The van der Waals surface area contributed by atoms with E-state index < -0.39 is 0 Å². The molecule has 1 aromatic carbocycles. The van der Waals surface area contributed by atoms with Crippen molar-refractivity contribution >= 4 is 5.91 Å². The number of nitrogens with one attached hydrogen (secondary N) is 1. The van der Waals surface area contributed by atoms with E-state index in [2.05, 4.69) is 5.43 Å². The van der Waals surface area contributed by atoms with Gasteiger partial charge in [-0.05, 0) is 37.0 Å². The molecule has 0 bridgehead atoms. The summed E-state index contributed by atoms with van der Waals surface area (Å²) >= 11 is 0. The summed E-state index contributed by atoms with van der Waals surface area (Å²) in [5.74, 6) is -0.179. The summed E-state index contributed by atoms with van der Waals surface area (Å²) in [7, 11) is 3.56. The fourth-order valence-corrected chi connectivity index (χ4v) is 1.61. The van der Waals surface area contributed by atoms with Gasteiger partial charge in [0.15, 0.2) is 0 Å². The Morgan fingerprint density at radius 2 is 2.12 bits per heavy atom. The summed E-state index contributed by atoms with van der Waals surface area (Å²) in [5.41, 5.74) is 3.67. The van der Waals surface area contributed by atoms with E-state index in [1.165, 1.54) is 6.07 Å². The Hall–Kier alpha value is -1.42. The first-order valence-corrected chi connectivity index (χ1v) is 5.79. The number of amides is 1. The van der Waals surface area contributed by atoms with E-state index >= 15 is 0 Å². The number of nitrogens with zero attached hydrogens (tertiary/aromatic N) is 1. The summed E-state index contributed by atoms with van der Waals surface area (Å²) in [6, 6.07) is 6.60. The highest BCUT2D eigenvalue weighted by molar-refractivity contribution is 5.75. The van der Waals surface area contributed by atoms with Crippen LogP contribution in [0.5, 0.6) is 0 Å². The Morgan fingerprint density at radius 1 is 1.35 bits per heavy atom. The molecule has 0 unspecified atom stereocenters. The topological polar surface area (TPSA) is 32.3 Å². The molecule has 94 valence electrons. The zero-order valence-corrected chi connectivity index (χ0v) is 10.4. The Balaban J connectivity index is 2.18. The van der Waals surface area contributed by atoms with Crippen molar-refractivity contribution in [1.29, 1.82) is 0 Å². The van der Waals surface area contributed by atoms with Crippen LogP contribution >= 0.6 is 0 Å². The van der Waals surface area contributed by atoms with Gasteiger partial charge in [-0.2, -0.15) is 0 Å². The Morgan fingerprint density at radius 3 is 2.76 bits per heavy atom. The number of halogens is 1. The zero-order valence-electron chi connectivity index (χ0n) is 10.4. The molecule has 4 heteroatoms. The van der Waals surface area contributed by atoms with Gasteiger partial charge in [-0.3, -0.25) is 10.2 Å². The Labute approximate surface area is 102 Å². The minimum absolute atomic E-state index is 0.0224. The van der Waals surface area contributed by atoms with Crippen molar-refractivity contribution in [3.8, 4) is 0 Å². The van der Waals surface area contributed by atoms with E-state index in [1.54, 1.807) is 31.2 Å². The molecule has 0 atom stereocenters. The maximum absolute atomic E-state index is 12.9. The summed E-state index contributed by atoms with van der Waals surface area (Å²) in [5, 5.41) is 1.63. The maximum Gasteiger partial charge on any atom is 0.234 e. The normalized spacial score (nSPS) is 10.6. The third-order valence-corrected chi connectivity index (χ3v) is 2.36. The number of aryl methyl sites for hydroxylation is 1. The number of unbranched alkanes of at least 4 members (excludes halogenated alkanes) is 1. The molecule has 1 N–H and O–H groups in total. The van der Waals surface area contributed by atoms with Crippen molar-refractivity contribution in [2.45, 2.75) is 25.7 Å².